The lowest BCUT2D eigenvalue weighted by Gasteiger charge is -2.03. The zero-order chi connectivity index (χ0) is 12.3. The van der Waals surface area contributed by atoms with Gasteiger partial charge in [0, 0.05) is 17.8 Å². The first-order valence-electron chi connectivity index (χ1n) is 5.05. The van der Waals surface area contributed by atoms with E-state index < -0.39 is 5.82 Å². The Hall–Kier alpha value is -2.24. The molecule has 0 aliphatic rings. The van der Waals surface area contributed by atoms with Gasteiger partial charge < -0.3 is 5.32 Å². The van der Waals surface area contributed by atoms with Crippen LogP contribution >= 0.6 is 0 Å². The molecule has 0 unspecified atom stereocenters. The van der Waals surface area contributed by atoms with Crippen molar-refractivity contribution in [3.05, 3.63) is 47.3 Å². The number of carbonyl (C=O) groups excluding carboxylic acids is 1. The van der Waals surface area contributed by atoms with Gasteiger partial charge in [0.2, 0.25) is 0 Å². The summed E-state index contributed by atoms with van der Waals surface area (Å²) in [6.45, 7) is 2.23. The van der Waals surface area contributed by atoms with Crippen molar-refractivity contribution in [2.24, 2.45) is 0 Å². The molecule has 5 nitrogen and oxygen atoms in total. The van der Waals surface area contributed by atoms with E-state index in [1.807, 2.05) is 6.92 Å². The quantitative estimate of drug-likeness (QED) is 0.837. The topological polar surface area (TPSA) is 70.7 Å². The highest BCUT2D eigenvalue weighted by molar-refractivity contribution is 5.92. The molecule has 2 heterocycles. The molecule has 0 aromatic carbocycles. The van der Waals surface area contributed by atoms with Gasteiger partial charge >= 0.3 is 0 Å². The first-order chi connectivity index (χ1) is 8.16. The molecule has 0 saturated carbocycles. The van der Waals surface area contributed by atoms with Gasteiger partial charge in [0.15, 0.2) is 0 Å². The maximum atomic E-state index is 12.6. The minimum absolute atomic E-state index is 0.188. The minimum atomic E-state index is -0.466. The van der Waals surface area contributed by atoms with Crippen molar-refractivity contribution >= 4 is 5.91 Å². The summed E-state index contributed by atoms with van der Waals surface area (Å²) >= 11 is 0. The Morgan fingerprint density at radius 3 is 2.88 bits per heavy atom. The molecule has 17 heavy (non-hydrogen) atoms. The lowest BCUT2D eigenvalue weighted by molar-refractivity contribution is 0.0946. The third-order valence-electron chi connectivity index (χ3n) is 2.33. The Balaban J connectivity index is 1.98. The number of rotatable bonds is 3. The summed E-state index contributed by atoms with van der Waals surface area (Å²) < 4.78 is 12.6. The van der Waals surface area contributed by atoms with Gasteiger partial charge in [-0.15, -0.1) is 0 Å². The van der Waals surface area contributed by atoms with Crippen LogP contribution in [0.5, 0.6) is 0 Å². The van der Waals surface area contributed by atoms with E-state index in [1.54, 1.807) is 6.20 Å². The van der Waals surface area contributed by atoms with Gasteiger partial charge in [0.25, 0.3) is 5.91 Å². The van der Waals surface area contributed by atoms with Gasteiger partial charge in [-0.2, -0.15) is 5.10 Å². The number of hydrogen-bond acceptors (Lipinski definition) is 3. The van der Waals surface area contributed by atoms with Gasteiger partial charge in [-0.05, 0) is 19.1 Å². The molecule has 0 bridgehead atoms. The molecule has 2 aromatic heterocycles. The van der Waals surface area contributed by atoms with Crippen LogP contribution < -0.4 is 5.32 Å². The summed E-state index contributed by atoms with van der Waals surface area (Å²) in [5.41, 5.74) is 1.99. The Bertz CT molecular complexity index is 521. The largest absolute Gasteiger partial charge is 0.346 e. The SMILES string of the molecule is Cc1[nH]ncc1CNC(=O)c1ccc(F)cn1. The highest BCUT2D eigenvalue weighted by atomic mass is 19.1. The fourth-order valence-electron chi connectivity index (χ4n) is 1.33. The monoisotopic (exact) mass is 234 g/mol. The molecule has 0 aliphatic carbocycles. The smallest absolute Gasteiger partial charge is 0.270 e. The summed E-state index contributed by atoms with van der Waals surface area (Å²) in [5.74, 6) is -0.808. The minimum Gasteiger partial charge on any atom is -0.346 e. The first-order valence-corrected chi connectivity index (χ1v) is 5.05. The van der Waals surface area contributed by atoms with Crippen LogP contribution in [-0.2, 0) is 6.54 Å². The van der Waals surface area contributed by atoms with Crippen LogP contribution in [0.3, 0.4) is 0 Å². The van der Waals surface area contributed by atoms with Gasteiger partial charge in [0.05, 0.1) is 12.4 Å². The molecular weight excluding hydrogens is 223 g/mol. The predicted octanol–water partition coefficient (Wildman–Crippen LogP) is 1.18. The van der Waals surface area contributed by atoms with E-state index in [-0.39, 0.29) is 11.6 Å². The molecule has 0 aliphatic heterocycles. The number of nitrogens with one attached hydrogen (secondary N) is 2. The number of H-pyrrole nitrogens is 1. The fourth-order valence-corrected chi connectivity index (χ4v) is 1.33. The Morgan fingerprint density at radius 1 is 1.47 bits per heavy atom. The molecular formula is C11H11FN4O. The highest BCUT2D eigenvalue weighted by Gasteiger charge is 2.08. The molecule has 2 rings (SSSR count). The maximum absolute atomic E-state index is 12.6. The average Bonchev–Trinajstić information content (AvgIpc) is 2.73. The second kappa shape index (κ2) is 4.73. The van der Waals surface area contributed by atoms with Crippen LogP contribution in [0.15, 0.2) is 24.5 Å². The zero-order valence-electron chi connectivity index (χ0n) is 9.20. The van der Waals surface area contributed by atoms with E-state index in [0.717, 1.165) is 17.5 Å². The van der Waals surface area contributed by atoms with Crippen molar-refractivity contribution in [2.45, 2.75) is 13.5 Å². The van der Waals surface area contributed by atoms with Crippen LogP contribution in [0.4, 0.5) is 4.39 Å². The molecule has 2 N–H and O–H groups in total. The standard InChI is InChI=1S/C11H11FN4O/c1-7-8(5-15-16-7)4-14-11(17)10-3-2-9(12)6-13-10/h2-3,5-6H,4H2,1H3,(H,14,17)(H,15,16). The van der Waals surface area contributed by atoms with Crippen molar-refractivity contribution in [1.82, 2.24) is 20.5 Å². The van der Waals surface area contributed by atoms with Crippen molar-refractivity contribution < 1.29 is 9.18 Å². The number of aryl methyl sites for hydroxylation is 1. The highest BCUT2D eigenvalue weighted by Crippen LogP contribution is 2.03. The lowest BCUT2D eigenvalue weighted by Crippen LogP contribution is -2.23. The van der Waals surface area contributed by atoms with Gasteiger partial charge in [-0.3, -0.25) is 9.89 Å². The average molecular weight is 234 g/mol. The maximum Gasteiger partial charge on any atom is 0.270 e. The summed E-state index contributed by atoms with van der Waals surface area (Å²) in [7, 11) is 0. The second-order valence-electron chi connectivity index (χ2n) is 3.56. The molecule has 2 aromatic rings. The van der Waals surface area contributed by atoms with Crippen LogP contribution in [0.1, 0.15) is 21.7 Å². The number of amides is 1. The first kappa shape index (κ1) is 11.3. The molecule has 0 fully saturated rings. The third-order valence-corrected chi connectivity index (χ3v) is 2.33. The van der Waals surface area contributed by atoms with Gasteiger partial charge in [-0.25, -0.2) is 9.37 Å². The molecule has 0 spiro atoms. The molecule has 0 radical (unpaired) electrons. The van der Waals surface area contributed by atoms with E-state index in [0.29, 0.717) is 6.54 Å². The summed E-state index contributed by atoms with van der Waals surface area (Å²) in [5, 5.41) is 9.29. The number of hydrogen-bond donors (Lipinski definition) is 2. The number of pyridine rings is 1. The lowest BCUT2D eigenvalue weighted by atomic mass is 10.2. The molecule has 0 saturated heterocycles. The van der Waals surface area contributed by atoms with E-state index in [2.05, 4.69) is 20.5 Å². The number of aromatic nitrogens is 3. The Labute approximate surface area is 97.1 Å². The Morgan fingerprint density at radius 2 is 2.29 bits per heavy atom. The normalized spacial score (nSPS) is 10.2. The van der Waals surface area contributed by atoms with Crippen molar-refractivity contribution in [1.29, 1.82) is 0 Å². The van der Waals surface area contributed by atoms with Crippen molar-refractivity contribution in [3.63, 3.8) is 0 Å². The van der Waals surface area contributed by atoms with Crippen LogP contribution in [0, 0.1) is 12.7 Å². The van der Waals surface area contributed by atoms with E-state index in [1.165, 1.54) is 12.1 Å². The number of halogens is 1. The van der Waals surface area contributed by atoms with E-state index >= 15 is 0 Å². The summed E-state index contributed by atoms with van der Waals surface area (Å²) in [6, 6.07) is 2.54. The second-order valence-corrected chi connectivity index (χ2v) is 3.56. The van der Waals surface area contributed by atoms with Crippen LogP contribution in [0.2, 0.25) is 0 Å². The van der Waals surface area contributed by atoms with E-state index in [4.69, 9.17) is 0 Å². The van der Waals surface area contributed by atoms with Crippen molar-refractivity contribution in [2.75, 3.05) is 0 Å². The number of carbonyl (C=O) groups is 1. The summed E-state index contributed by atoms with van der Waals surface area (Å²) in [4.78, 5) is 15.3. The number of aromatic amines is 1. The van der Waals surface area contributed by atoms with Crippen LogP contribution in [0.25, 0.3) is 0 Å². The fraction of sp³-hybridized carbons (Fsp3) is 0.182. The van der Waals surface area contributed by atoms with Crippen molar-refractivity contribution in [3.8, 4) is 0 Å². The van der Waals surface area contributed by atoms with Crippen LogP contribution in [-0.4, -0.2) is 21.1 Å². The molecule has 88 valence electrons. The number of nitrogens with zero attached hydrogens (tertiary/aromatic N) is 2. The predicted molar refractivity (Wildman–Crippen MR) is 58.7 cm³/mol. The summed E-state index contributed by atoms with van der Waals surface area (Å²) in [6.07, 6.45) is 2.66. The molecule has 6 heteroatoms. The molecule has 1 amide bonds. The third kappa shape index (κ3) is 2.66. The Kier molecular flexibility index (Phi) is 3.13. The van der Waals surface area contributed by atoms with E-state index in [9.17, 15) is 9.18 Å². The van der Waals surface area contributed by atoms with Gasteiger partial charge in [0.1, 0.15) is 11.5 Å². The zero-order valence-corrected chi connectivity index (χ0v) is 9.20. The molecule has 0 atom stereocenters. The van der Waals surface area contributed by atoms with Gasteiger partial charge in [-0.1, -0.05) is 0 Å².